The molecule has 154 valence electrons. The molecule has 0 fully saturated rings. The number of rotatable bonds is 7. The number of hydrogen-bond donors (Lipinski definition) is 4. The number of aromatic amines is 2. The van der Waals surface area contributed by atoms with Gasteiger partial charge in [0.25, 0.3) is 5.91 Å². The fraction of sp³-hybridized carbons (Fsp3) is 0.111. The van der Waals surface area contributed by atoms with Crippen LogP contribution in [-0.4, -0.2) is 52.6 Å². The van der Waals surface area contributed by atoms with Crippen LogP contribution < -0.4 is 14.8 Å². The van der Waals surface area contributed by atoms with E-state index >= 15 is 0 Å². The van der Waals surface area contributed by atoms with E-state index in [2.05, 4.69) is 30.7 Å². The largest absolute Gasteiger partial charge is 0.484 e. The van der Waals surface area contributed by atoms with Gasteiger partial charge in [-0.05, 0) is 42.5 Å². The lowest BCUT2D eigenvalue weighted by atomic mass is 10.2. The lowest BCUT2D eigenvalue weighted by molar-refractivity contribution is -0.121. The van der Waals surface area contributed by atoms with E-state index in [0.717, 1.165) is 28.4 Å². The monoisotopic (exact) mass is 427 g/mol. The molecule has 0 aliphatic carbocycles. The maximum Gasteiger partial charge on any atom is 0.271 e. The molecule has 12 heteroatoms. The fourth-order valence-corrected chi connectivity index (χ4v) is 3.17. The van der Waals surface area contributed by atoms with Gasteiger partial charge >= 0.3 is 0 Å². The maximum atomic E-state index is 11.5. The third-order valence-corrected chi connectivity index (χ3v) is 4.59. The van der Waals surface area contributed by atoms with Crippen molar-refractivity contribution in [1.82, 2.24) is 30.1 Å². The number of fused-ring (bicyclic) bond motifs is 1. The van der Waals surface area contributed by atoms with E-state index in [0.29, 0.717) is 17.5 Å². The smallest absolute Gasteiger partial charge is 0.271 e. The maximum absolute atomic E-state index is 11.5. The Kier molecular flexibility index (Phi) is 5.06. The van der Waals surface area contributed by atoms with Gasteiger partial charge < -0.3 is 15.0 Å². The Balaban J connectivity index is 1.39. The molecular formula is C18H17N7O4S. The van der Waals surface area contributed by atoms with E-state index < -0.39 is 22.5 Å². The summed E-state index contributed by atoms with van der Waals surface area (Å²) in [5.41, 5.74) is 2.53. The Morgan fingerprint density at radius 3 is 2.70 bits per heavy atom. The van der Waals surface area contributed by atoms with E-state index in [9.17, 15) is 13.2 Å². The summed E-state index contributed by atoms with van der Waals surface area (Å²) in [5, 5.41) is 19.2. The van der Waals surface area contributed by atoms with Crippen LogP contribution in [0.5, 0.6) is 5.75 Å². The van der Waals surface area contributed by atoms with Gasteiger partial charge in [-0.3, -0.25) is 14.6 Å². The molecule has 4 N–H and O–H groups in total. The van der Waals surface area contributed by atoms with Crippen molar-refractivity contribution in [3.05, 3.63) is 48.7 Å². The highest BCUT2D eigenvalue weighted by atomic mass is 32.2. The zero-order chi connectivity index (χ0) is 21.1. The summed E-state index contributed by atoms with van der Waals surface area (Å²) >= 11 is 0. The topological polar surface area (TPSA) is 155 Å². The highest BCUT2D eigenvalue weighted by Gasteiger charge is 2.10. The third-order valence-electron chi connectivity index (χ3n) is 3.99. The lowest BCUT2D eigenvalue weighted by Gasteiger charge is -2.06. The summed E-state index contributed by atoms with van der Waals surface area (Å²) < 4.78 is 29.1. The summed E-state index contributed by atoms with van der Waals surface area (Å²) in [6.07, 6.45) is 2.64. The first kappa shape index (κ1) is 19.4. The van der Waals surface area contributed by atoms with Gasteiger partial charge in [-0.15, -0.1) is 10.2 Å². The molecule has 0 atom stereocenters. The average Bonchev–Trinajstić information content (AvgIpc) is 3.34. The van der Waals surface area contributed by atoms with Gasteiger partial charge in [0.1, 0.15) is 5.75 Å². The van der Waals surface area contributed by atoms with E-state index in [1.807, 2.05) is 22.9 Å². The van der Waals surface area contributed by atoms with Crippen molar-refractivity contribution in [3.8, 4) is 17.1 Å². The summed E-state index contributed by atoms with van der Waals surface area (Å²) in [4.78, 5) is 14.6. The Bertz CT molecular complexity index is 1300. The minimum Gasteiger partial charge on any atom is -0.484 e. The van der Waals surface area contributed by atoms with Crippen LogP contribution in [0.2, 0.25) is 0 Å². The first-order chi connectivity index (χ1) is 14.4. The molecular weight excluding hydrogens is 410 g/mol. The number of anilines is 2. The molecule has 0 spiro atoms. The van der Waals surface area contributed by atoms with Crippen LogP contribution in [0.1, 0.15) is 0 Å². The van der Waals surface area contributed by atoms with E-state index in [-0.39, 0.29) is 0 Å². The highest BCUT2D eigenvalue weighted by Crippen LogP contribution is 2.22. The lowest BCUT2D eigenvalue weighted by Crippen LogP contribution is -2.33. The SMILES string of the molecule is CS(=O)(=O)NC(=O)COc1ccc(-c2nnc(Nc3ccc4[nH]ncc4c3)[nH]2)cc1. The Morgan fingerprint density at radius 1 is 1.13 bits per heavy atom. The van der Waals surface area contributed by atoms with E-state index in [4.69, 9.17) is 4.74 Å². The molecule has 4 rings (SSSR count). The van der Waals surface area contributed by atoms with Gasteiger partial charge in [0.15, 0.2) is 12.4 Å². The number of amides is 1. The number of hydrogen-bond acceptors (Lipinski definition) is 8. The van der Waals surface area contributed by atoms with Crippen molar-refractivity contribution in [2.75, 3.05) is 18.2 Å². The molecule has 2 aromatic heterocycles. The first-order valence-corrected chi connectivity index (χ1v) is 10.6. The quantitative estimate of drug-likeness (QED) is 0.346. The Hall–Kier alpha value is -3.93. The minimum absolute atomic E-state index is 0.411. The first-order valence-electron chi connectivity index (χ1n) is 8.72. The second kappa shape index (κ2) is 7.83. The van der Waals surface area contributed by atoms with E-state index in [1.54, 1.807) is 30.5 Å². The number of H-pyrrole nitrogens is 2. The molecule has 2 aromatic carbocycles. The van der Waals surface area contributed by atoms with Crippen molar-refractivity contribution in [2.45, 2.75) is 0 Å². The number of benzene rings is 2. The summed E-state index contributed by atoms with van der Waals surface area (Å²) in [6.45, 7) is -0.413. The van der Waals surface area contributed by atoms with Crippen molar-refractivity contribution in [1.29, 1.82) is 0 Å². The molecule has 4 aromatic rings. The predicted octanol–water partition coefficient (Wildman–Crippen LogP) is 1.55. The number of aromatic nitrogens is 5. The fourth-order valence-electron chi connectivity index (χ4n) is 2.70. The van der Waals surface area contributed by atoms with Crippen molar-refractivity contribution >= 4 is 38.5 Å². The minimum atomic E-state index is -3.61. The van der Waals surface area contributed by atoms with Crippen molar-refractivity contribution in [2.24, 2.45) is 0 Å². The normalized spacial score (nSPS) is 11.4. The van der Waals surface area contributed by atoms with Crippen LogP contribution in [0.25, 0.3) is 22.3 Å². The van der Waals surface area contributed by atoms with Crippen LogP contribution in [0.15, 0.2) is 48.7 Å². The zero-order valence-corrected chi connectivity index (χ0v) is 16.5. The molecule has 0 saturated carbocycles. The summed E-state index contributed by atoms with van der Waals surface area (Å²) in [5.74, 6) is 0.684. The molecule has 0 saturated heterocycles. The Labute approximate surface area is 170 Å². The molecule has 0 aliphatic rings. The van der Waals surface area contributed by atoms with Crippen molar-refractivity contribution < 1.29 is 17.9 Å². The van der Waals surface area contributed by atoms with E-state index in [1.165, 1.54) is 0 Å². The number of ether oxygens (including phenoxy) is 1. The second-order valence-electron chi connectivity index (χ2n) is 6.43. The van der Waals surface area contributed by atoms with Gasteiger partial charge in [-0.2, -0.15) is 5.10 Å². The number of nitrogens with zero attached hydrogens (tertiary/aromatic N) is 3. The van der Waals surface area contributed by atoms with Crippen LogP contribution in [-0.2, 0) is 14.8 Å². The molecule has 0 unspecified atom stereocenters. The van der Waals surface area contributed by atoms with Crippen LogP contribution >= 0.6 is 0 Å². The molecule has 0 aliphatic heterocycles. The highest BCUT2D eigenvalue weighted by molar-refractivity contribution is 7.89. The van der Waals surface area contributed by atoms with Crippen LogP contribution in [0.4, 0.5) is 11.6 Å². The number of carbonyl (C=O) groups excluding carboxylic acids is 1. The number of sulfonamides is 1. The second-order valence-corrected chi connectivity index (χ2v) is 8.18. The van der Waals surface area contributed by atoms with Gasteiger partial charge in [-0.1, -0.05) is 0 Å². The predicted molar refractivity (Wildman–Crippen MR) is 110 cm³/mol. The summed E-state index contributed by atoms with van der Waals surface area (Å²) in [6, 6.07) is 12.5. The van der Waals surface area contributed by atoms with Crippen LogP contribution in [0, 0.1) is 0 Å². The molecule has 1 amide bonds. The molecule has 2 heterocycles. The molecule has 11 nitrogen and oxygen atoms in total. The van der Waals surface area contributed by atoms with Crippen LogP contribution in [0.3, 0.4) is 0 Å². The van der Waals surface area contributed by atoms with Gasteiger partial charge in [0, 0.05) is 16.6 Å². The zero-order valence-electron chi connectivity index (χ0n) is 15.7. The van der Waals surface area contributed by atoms with Gasteiger partial charge in [0.05, 0.1) is 18.0 Å². The standard InChI is InChI=1S/C18H17N7O4S/c1-30(27,28)25-16(26)10-29-14-5-2-11(3-6-14)17-21-18(24-23-17)20-13-4-7-15-12(8-13)9-19-22-15/h2-9H,10H2,1H3,(H,19,22)(H,25,26)(H2,20,21,23,24). The average molecular weight is 427 g/mol. The Morgan fingerprint density at radius 2 is 1.93 bits per heavy atom. The van der Waals surface area contributed by atoms with Gasteiger partial charge in [-0.25, -0.2) is 8.42 Å². The van der Waals surface area contributed by atoms with Crippen molar-refractivity contribution in [3.63, 3.8) is 0 Å². The molecule has 30 heavy (non-hydrogen) atoms. The number of carbonyl (C=O) groups is 1. The molecule has 0 bridgehead atoms. The third kappa shape index (κ3) is 4.72. The van der Waals surface area contributed by atoms with Gasteiger partial charge in [0.2, 0.25) is 16.0 Å². The number of nitrogens with one attached hydrogen (secondary N) is 4. The molecule has 0 radical (unpaired) electrons. The summed E-state index contributed by atoms with van der Waals surface area (Å²) in [7, 11) is -3.61.